The third-order valence-electron chi connectivity index (χ3n) is 3.34. The van der Waals surface area contributed by atoms with Crippen molar-refractivity contribution in [2.75, 3.05) is 5.32 Å². The Morgan fingerprint density at radius 1 is 0.917 bits per heavy atom. The summed E-state index contributed by atoms with van der Waals surface area (Å²) < 4.78 is 0. The molecule has 3 amide bonds. The van der Waals surface area contributed by atoms with Crippen LogP contribution in [-0.4, -0.2) is 17.7 Å². The van der Waals surface area contributed by atoms with Gasteiger partial charge in [-0.1, -0.05) is 36.8 Å². The minimum Gasteiger partial charge on any atom is -0.321 e. The number of hydrogen-bond donors (Lipinski definition) is 3. The number of anilines is 1. The molecule has 0 fully saturated rings. The highest BCUT2D eigenvalue weighted by Crippen LogP contribution is 2.16. The van der Waals surface area contributed by atoms with Gasteiger partial charge in [-0.25, -0.2) is 0 Å². The quantitative estimate of drug-likeness (QED) is 0.754. The molecule has 0 spiro atoms. The van der Waals surface area contributed by atoms with Crippen molar-refractivity contribution in [1.82, 2.24) is 10.9 Å². The molecule has 124 valence electrons. The second-order valence-electron chi connectivity index (χ2n) is 5.23. The number of amides is 3. The van der Waals surface area contributed by atoms with E-state index in [-0.39, 0.29) is 23.8 Å². The Bertz CT molecular complexity index is 772. The number of carbonyl (C=O) groups is 3. The van der Waals surface area contributed by atoms with Gasteiger partial charge in [-0.2, -0.15) is 0 Å². The van der Waals surface area contributed by atoms with Gasteiger partial charge in [0.1, 0.15) is 0 Å². The van der Waals surface area contributed by atoms with E-state index in [0.717, 1.165) is 5.56 Å². The molecule has 0 atom stereocenters. The minimum atomic E-state index is -0.503. The maximum atomic E-state index is 12.3. The molecule has 2 aromatic rings. The van der Waals surface area contributed by atoms with Gasteiger partial charge in [0.2, 0.25) is 5.91 Å². The Hall–Kier alpha value is -3.15. The molecule has 0 aromatic heterocycles. The number of rotatable bonds is 4. The third-order valence-corrected chi connectivity index (χ3v) is 3.34. The normalized spacial score (nSPS) is 9.92. The third kappa shape index (κ3) is 4.42. The number of carbonyl (C=O) groups excluding carboxylic acids is 3. The van der Waals surface area contributed by atoms with E-state index in [2.05, 4.69) is 16.2 Å². The van der Waals surface area contributed by atoms with E-state index in [4.69, 9.17) is 0 Å². The molecule has 0 saturated carbocycles. The Morgan fingerprint density at radius 3 is 2.38 bits per heavy atom. The summed E-state index contributed by atoms with van der Waals surface area (Å²) in [6.07, 6.45) is 0.256. The van der Waals surface area contributed by atoms with Gasteiger partial charge < -0.3 is 5.32 Å². The molecular weight excluding hydrogens is 306 g/mol. The Labute approximate surface area is 140 Å². The second-order valence-corrected chi connectivity index (χ2v) is 5.23. The molecule has 0 unspecified atom stereocenters. The smallest absolute Gasteiger partial charge is 0.271 e. The molecular formula is C18H19N3O3. The lowest BCUT2D eigenvalue weighted by Crippen LogP contribution is -2.41. The Morgan fingerprint density at radius 2 is 1.67 bits per heavy atom. The molecule has 2 rings (SSSR count). The molecule has 0 aliphatic rings. The summed E-state index contributed by atoms with van der Waals surface area (Å²) >= 11 is 0. The summed E-state index contributed by atoms with van der Waals surface area (Å²) in [7, 11) is 0. The van der Waals surface area contributed by atoms with Gasteiger partial charge in [0.05, 0.1) is 11.3 Å². The number of para-hydroxylation sites is 1. The van der Waals surface area contributed by atoms with Crippen LogP contribution in [0.1, 0.15) is 39.6 Å². The predicted octanol–water partition coefficient (Wildman–Crippen LogP) is 2.42. The zero-order valence-electron chi connectivity index (χ0n) is 13.6. The van der Waals surface area contributed by atoms with Crippen LogP contribution in [0.25, 0.3) is 0 Å². The van der Waals surface area contributed by atoms with E-state index in [1.807, 2.05) is 13.0 Å². The zero-order chi connectivity index (χ0) is 17.5. The fourth-order valence-electron chi connectivity index (χ4n) is 2.05. The second kappa shape index (κ2) is 7.92. The highest BCUT2D eigenvalue weighted by atomic mass is 16.2. The van der Waals surface area contributed by atoms with Crippen LogP contribution in [0.2, 0.25) is 0 Å². The van der Waals surface area contributed by atoms with Crippen LogP contribution in [0.15, 0.2) is 48.5 Å². The van der Waals surface area contributed by atoms with Gasteiger partial charge in [-0.3, -0.25) is 25.2 Å². The van der Waals surface area contributed by atoms with Crippen LogP contribution in [0.5, 0.6) is 0 Å². The lowest BCUT2D eigenvalue weighted by Gasteiger charge is -2.12. The molecule has 0 heterocycles. The van der Waals surface area contributed by atoms with Crippen molar-refractivity contribution in [3.05, 3.63) is 65.2 Å². The molecule has 0 aliphatic carbocycles. The largest absolute Gasteiger partial charge is 0.321 e. The van der Waals surface area contributed by atoms with Crippen LogP contribution in [0.3, 0.4) is 0 Å². The molecule has 0 aliphatic heterocycles. The highest BCUT2D eigenvalue weighted by Gasteiger charge is 2.14. The SMILES string of the molecule is CCC(=O)NNC(=O)c1ccccc1NC(=O)c1cccc(C)c1. The van der Waals surface area contributed by atoms with Crippen LogP contribution in [-0.2, 0) is 4.79 Å². The van der Waals surface area contributed by atoms with Gasteiger partial charge in [-0.15, -0.1) is 0 Å². The highest BCUT2D eigenvalue weighted by molar-refractivity contribution is 6.09. The van der Waals surface area contributed by atoms with Gasteiger partial charge in [0, 0.05) is 12.0 Å². The molecule has 3 N–H and O–H groups in total. The average molecular weight is 325 g/mol. The van der Waals surface area contributed by atoms with Crippen molar-refractivity contribution in [2.24, 2.45) is 0 Å². The van der Waals surface area contributed by atoms with Gasteiger partial charge in [-0.05, 0) is 31.2 Å². The summed E-state index contributed by atoms with van der Waals surface area (Å²) in [5, 5.41) is 2.72. The molecule has 0 bridgehead atoms. The van der Waals surface area contributed by atoms with Crippen LogP contribution in [0.4, 0.5) is 5.69 Å². The number of hydrogen-bond acceptors (Lipinski definition) is 3. The van der Waals surface area contributed by atoms with E-state index in [9.17, 15) is 14.4 Å². The lowest BCUT2D eigenvalue weighted by atomic mass is 10.1. The fourth-order valence-corrected chi connectivity index (χ4v) is 2.05. The molecule has 6 heteroatoms. The standard InChI is InChI=1S/C18H19N3O3/c1-3-16(22)20-21-18(24)14-9-4-5-10-15(14)19-17(23)13-8-6-7-12(2)11-13/h4-11H,3H2,1-2H3,(H,19,23)(H,20,22)(H,21,24). The average Bonchev–Trinajstić information content (AvgIpc) is 2.59. The van der Waals surface area contributed by atoms with Gasteiger partial charge in [0.15, 0.2) is 0 Å². The maximum absolute atomic E-state index is 12.3. The minimum absolute atomic E-state index is 0.256. The molecule has 6 nitrogen and oxygen atoms in total. The van der Waals surface area contributed by atoms with Crippen molar-refractivity contribution in [2.45, 2.75) is 20.3 Å². The predicted molar refractivity (Wildman–Crippen MR) is 91.5 cm³/mol. The van der Waals surface area contributed by atoms with E-state index in [1.54, 1.807) is 49.4 Å². The molecule has 0 saturated heterocycles. The number of benzene rings is 2. The first-order valence-electron chi connectivity index (χ1n) is 7.57. The summed E-state index contributed by atoms with van der Waals surface area (Å²) in [6.45, 7) is 3.58. The van der Waals surface area contributed by atoms with Crippen molar-refractivity contribution >= 4 is 23.4 Å². The monoisotopic (exact) mass is 325 g/mol. The number of aryl methyl sites for hydroxylation is 1. The molecule has 2 aromatic carbocycles. The van der Waals surface area contributed by atoms with Crippen molar-refractivity contribution in [1.29, 1.82) is 0 Å². The first kappa shape index (κ1) is 17.2. The number of nitrogens with one attached hydrogen (secondary N) is 3. The van der Waals surface area contributed by atoms with Crippen molar-refractivity contribution in [3.63, 3.8) is 0 Å². The molecule has 24 heavy (non-hydrogen) atoms. The first-order valence-corrected chi connectivity index (χ1v) is 7.57. The van der Waals surface area contributed by atoms with E-state index >= 15 is 0 Å². The van der Waals surface area contributed by atoms with E-state index < -0.39 is 5.91 Å². The zero-order valence-corrected chi connectivity index (χ0v) is 13.6. The van der Waals surface area contributed by atoms with Crippen LogP contribution >= 0.6 is 0 Å². The summed E-state index contributed by atoms with van der Waals surface area (Å²) in [5.74, 6) is -1.11. The topological polar surface area (TPSA) is 87.3 Å². The van der Waals surface area contributed by atoms with Crippen LogP contribution < -0.4 is 16.2 Å². The number of hydrazine groups is 1. The lowest BCUT2D eigenvalue weighted by molar-refractivity contribution is -0.121. The van der Waals surface area contributed by atoms with Gasteiger partial charge >= 0.3 is 0 Å². The fraction of sp³-hybridized carbons (Fsp3) is 0.167. The maximum Gasteiger partial charge on any atom is 0.271 e. The van der Waals surface area contributed by atoms with Crippen LogP contribution in [0, 0.1) is 6.92 Å². The summed E-state index contributed by atoms with van der Waals surface area (Å²) in [6, 6.07) is 13.7. The molecule has 0 radical (unpaired) electrons. The van der Waals surface area contributed by atoms with Crippen molar-refractivity contribution in [3.8, 4) is 0 Å². The first-order chi connectivity index (χ1) is 11.5. The van der Waals surface area contributed by atoms with Crippen molar-refractivity contribution < 1.29 is 14.4 Å². The van der Waals surface area contributed by atoms with Gasteiger partial charge in [0.25, 0.3) is 11.8 Å². The van der Waals surface area contributed by atoms with E-state index in [0.29, 0.717) is 11.3 Å². The Balaban J connectivity index is 2.15. The summed E-state index contributed by atoms with van der Waals surface area (Å²) in [4.78, 5) is 35.8. The van der Waals surface area contributed by atoms with E-state index in [1.165, 1.54) is 0 Å². The summed E-state index contributed by atoms with van der Waals surface area (Å²) in [5.41, 5.74) is 6.72. The Kier molecular flexibility index (Phi) is 5.68.